The molecular formula is C14H21N3O3. The normalized spacial score (nSPS) is 10.8. The van der Waals surface area contributed by atoms with Crippen molar-refractivity contribution >= 4 is 11.5 Å². The van der Waals surface area contributed by atoms with Gasteiger partial charge in [-0.1, -0.05) is 26.0 Å². The number of nitrogens with zero attached hydrogens (tertiary/aromatic N) is 2. The van der Waals surface area contributed by atoms with Crippen LogP contribution in [0.5, 0.6) is 0 Å². The summed E-state index contributed by atoms with van der Waals surface area (Å²) in [5, 5.41) is 13.7. The third kappa shape index (κ3) is 5.07. The van der Waals surface area contributed by atoms with Gasteiger partial charge in [0.25, 0.3) is 5.69 Å². The molecule has 6 heteroatoms. The summed E-state index contributed by atoms with van der Waals surface area (Å²) >= 11 is 0. The molecule has 0 aliphatic carbocycles. The lowest BCUT2D eigenvalue weighted by Gasteiger charge is -2.17. The summed E-state index contributed by atoms with van der Waals surface area (Å²) in [6.45, 7) is 7.96. The Balaban J connectivity index is 2.43. The molecule has 1 aromatic rings. The van der Waals surface area contributed by atoms with Crippen molar-refractivity contribution in [3.63, 3.8) is 0 Å². The maximum Gasteiger partial charge on any atom is 0.270 e. The topological polar surface area (TPSA) is 75.5 Å². The van der Waals surface area contributed by atoms with Crippen LogP contribution in [0.4, 0.5) is 5.69 Å². The summed E-state index contributed by atoms with van der Waals surface area (Å²) in [5.74, 6) is -0.131. The maximum atomic E-state index is 11.9. The standard InChI is InChI=1S/C14H21N3O3/c1-3-16(4-2)9-8-15-11-14(18)12-6-5-7-13(10-12)17(19)20/h5-7,10,15H,3-4,8-9,11H2,1-2H3. The fraction of sp³-hybridized carbons (Fsp3) is 0.500. The number of ketones is 1. The van der Waals surface area contributed by atoms with E-state index in [1.165, 1.54) is 18.2 Å². The average Bonchev–Trinajstić information content (AvgIpc) is 2.47. The second kappa shape index (κ2) is 8.39. The number of benzene rings is 1. The molecule has 0 unspecified atom stereocenters. The van der Waals surface area contributed by atoms with Gasteiger partial charge in [-0.15, -0.1) is 0 Å². The van der Waals surface area contributed by atoms with E-state index < -0.39 is 4.92 Å². The number of Topliss-reactive ketones (excluding diaryl/α,β-unsaturated/α-hetero) is 1. The first-order chi connectivity index (χ1) is 9.58. The van der Waals surface area contributed by atoms with Gasteiger partial charge in [-0.3, -0.25) is 14.9 Å². The molecule has 0 radical (unpaired) electrons. The summed E-state index contributed by atoms with van der Waals surface area (Å²) in [5.41, 5.74) is 0.313. The second-order valence-electron chi connectivity index (χ2n) is 4.43. The van der Waals surface area contributed by atoms with Crippen molar-refractivity contribution in [2.75, 3.05) is 32.7 Å². The van der Waals surface area contributed by atoms with Crippen molar-refractivity contribution in [3.8, 4) is 0 Å². The van der Waals surface area contributed by atoms with Crippen molar-refractivity contribution < 1.29 is 9.72 Å². The van der Waals surface area contributed by atoms with Crippen LogP contribution in [0.2, 0.25) is 0 Å². The molecular weight excluding hydrogens is 258 g/mol. The molecule has 110 valence electrons. The fourth-order valence-electron chi connectivity index (χ4n) is 1.87. The fourth-order valence-corrected chi connectivity index (χ4v) is 1.87. The zero-order chi connectivity index (χ0) is 15.0. The molecule has 0 atom stereocenters. The SMILES string of the molecule is CCN(CC)CCNCC(=O)c1cccc([N+](=O)[O-])c1. The molecule has 1 aromatic carbocycles. The summed E-state index contributed by atoms with van der Waals surface area (Å²) in [7, 11) is 0. The van der Waals surface area contributed by atoms with Gasteiger partial charge >= 0.3 is 0 Å². The predicted octanol–water partition coefficient (Wildman–Crippen LogP) is 1.71. The van der Waals surface area contributed by atoms with Crippen LogP contribution in [0.3, 0.4) is 0 Å². The molecule has 0 aliphatic rings. The van der Waals surface area contributed by atoms with Crippen LogP contribution in [-0.2, 0) is 0 Å². The number of hydrogen-bond acceptors (Lipinski definition) is 5. The first kappa shape index (κ1) is 16.3. The third-order valence-electron chi connectivity index (χ3n) is 3.16. The third-order valence-corrected chi connectivity index (χ3v) is 3.16. The van der Waals surface area contributed by atoms with Crippen LogP contribution >= 0.6 is 0 Å². The van der Waals surface area contributed by atoms with Crippen LogP contribution in [0.25, 0.3) is 0 Å². The molecule has 1 rings (SSSR count). The van der Waals surface area contributed by atoms with Gasteiger partial charge in [0.05, 0.1) is 11.5 Å². The molecule has 0 spiro atoms. The van der Waals surface area contributed by atoms with Gasteiger partial charge in [-0.2, -0.15) is 0 Å². The van der Waals surface area contributed by atoms with E-state index in [1.807, 2.05) is 0 Å². The highest BCUT2D eigenvalue weighted by Crippen LogP contribution is 2.13. The van der Waals surface area contributed by atoms with E-state index in [0.717, 1.165) is 26.2 Å². The lowest BCUT2D eigenvalue weighted by molar-refractivity contribution is -0.384. The molecule has 6 nitrogen and oxygen atoms in total. The summed E-state index contributed by atoms with van der Waals surface area (Å²) in [4.78, 5) is 24.3. The summed E-state index contributed by atoms with van der Waals surface area (Å²) < 4.78 is 0. The van der Waals surface area contributed by atoms with E-state index in [-0.39, 0.29) is 18.0 Å². The van der Waals surface area contributed by atoms with Gasteiger partial charge in [0.15, 0.2) is 5.78 Å². The molecule has 0 bridgehead atoms. The average molecular weight is 279 g/mol. The van der Waals surface area contributed by atoms with Crippen molar-refractivity contribution in [3.05, 3.63) is 39.9 Å². The van der Waals surface area contributed by atoms with E-state index in [2.05, 4.69) is 24.1 Å². The smallest absolute Gasteiger partial charge is 0.270 e. The highest BCUT2D eigenvalue weighted by Gasteiger charge is 2.11. The van der Waals surface area contributed by atoms with Crippen LogP contribution < -0.4 is 5.32 Å². The number of nitrogens with one attached hydrogen (secondary N) is 1. The molecule has 0 aromatic heterocycles. The predicted molar refractivity (Wildman–Crippen MR) is 78.1 cm³/mol. The number of hydrogen-bond donors (Lipinski definition) is 1. The van der Waals surface area contributed by atoms with E-state index in [0.29, 0.717) is 5.56 Å². The summed E-state index contributed by atoms with van der Waals surface area (Å²) in [6, 6.07) is 5.82. The Kier molecular flexibility index (Phi) is 6.83. The van der Waals surface area contributed by atoms with Crippen LogP contribution in [0.15, 0.2) is 24.3 Å². The molecule has 0 aliphatic heterocycles. The summed E-state index contributed by atoms with van der Waals surface area (Å²) in [6.07, 6.45) is 0. The van der Waals surface area contributed by atoms with Crippen molar-refractivity contribution in [2.24, 2.45) is 0 Å². The molecule has 0 saturated heterocycles. The van der Waals surface area contributed by atoms with E-state index in [1.54, 1.807) is 6.07 Å². The van der Waals surface area contributed by atoms with Gasteiger partial charge < -0.3 is 10.2 Å². The Morgan fingerprint density at radius 2 is 2.05 bits per heavy atom. The van der Waals surface area contributed by atoms with Gasteiger partial charge in [-0.05, 0) is 13.1 Å². The second-order valence-corrected chi connectivity index (χ2v) is 4.43. The first-order valence-electron chi connectivity index (χ1n) is 6.79. The molecule has 0 heterocycles. The van der Waals surface area contributed by atoms with Gasteiger partial charge in [-0.25, -0.2) is 0 Å². The number of rotatable bonds is 9. The van der Waals surface area contributed by atoms with E-state index in [4.69, 9.17) is 0 Å². The first-order valence-corrected chi connectivity index (χ1v) is 6.79. The van der Waals surface area contributed by atoms with Crippen molar-refractivity contribution in [1.29, 1.82) is 0 Å². The minimum atomic E-state index is -0.495. The molecule has 0 amide bonds. The quantitative estimate of drug-likeness (QED) is 0.322. The monoisotopic (exact) mass is 279 g/mol. The molecule has 1 N–H and O–H groups in total. The van der Waals surface area contributed by atoms with Crippen molar-refractivity contribution in [1.82, 2.24) is 10.2 Å². The van der Waals surface area contributed by atoms with Crippen molar-refractivity contribution in [2.45, 2.75) is 13.8 Å². The zero-order valence-electron chi connectivity index (χ0n) is 12.0. The van der Waals surface area contributed by atoms with E-state index >= 15 is 0 Å². The zero-order valence-corrected chi connectivity index (χ0v) is 12.0. The van der Waals surface area contributed by atoms with E-state index in [9.17, 15) is 14.9 Å². The highest BCUT2D eigenvalue weighted by atomic mass is 16.6. The Morgan fingerprint density at radius 1 is 1.35 bits per heavy atom. The van der Waals surface area contributed by atoms with Gasteiger partial charge in [0.1, 0.15) is 0 Å². The number of carbonyl (C=O) groups excluding carboxylic acids is 1. The molecule has 20 heavy (non-hydrogen) atoms. The van der Waals surface area contributed by atoms with Crippen LogP contribution in [0, 0.1) is 10.1 Å². The highest BCUT2D eigenvalue weighted by molar-refractivity contribution is 5.98. The van der Waals surface area contributed by atoms with Crippen LogP contribution in [0.1, 0.15) is 24.2 Å². The number of non-ortho nitro benzene ring substituents is 1. The Hall–Kier alpha value is -1.79. The lowest BCUT2D eigenvalue weighted by Crippen LogP contribution is -2.34. The lowest BCUT2D eigenvalue weighted by atomic mass is 10.1. The Labute approximate surface area is 118 Å². The molecule has 0 saturated carbocycles. The Bertz CT molecular complexity index is 459. The largest absolute Gasteiger partial charge is 0.308 e. The Morgan fingerprint density at radius 3 is 2.65 bits per heavy atom. The number of likely N-dealkylation sites (N-methyl/N-ethyl adjacent to an activating group) is 1. The minimum absolute atomic E-state index is 0.0565. The minimum Gasteiger partial charge on any atom is -0.308 e. The van der Waals surface area contributed by atoms with Crippen LogP contribution in [-0.4, -0.2) is 48.3 Å². The number of nitro benzene ring substituents is 1. The molecule has 0 fully saturated rings. The van der Waals surface area contributed by atoms with Gasteiger partial charge in [0, 0.05) is 30.8 Å². The van der Waals surface area contributed by atoms with Gasteiger partial charge in [0.2, 0.25) is 0 Å². The number of nitro groups is 1. The maximum absolute atomic E-state index is 11.9. The number of carbonyl (C=O) groups is 1.